The number of nitrogens with zero attached hydrogens (tertiary/aromatic N) is 5. The Hall–Kier alpha value is -2.44. The Kier molecular flexibility index (Phi) is 6.76. The maximum Gasteiger partial charge on any atom is 0.435 e. The topological polar surface area (TPSA) is 78.8 Å². The number of rotatable bonds is 5. The largest absolute Gasteiger partial charge is 0.435 e. The van der Waals surface area contributed by atoms with E-state index in [4.69, 9.17) is 0 Å². The van der Waals surface area contributed by atoms with Crippen LogP contribution in [0.4, 0.5) is 13.2 Å². The first kappa shape index (κ1) is 24.7. The Morgan fingerprint density at radius 3 is 2.41 bits per heavy atom. The van der Waals surface area contributed by atoms with E-state index >= 15 is 0 Å². The van der Waals surface area contributed by atoms with Crippen molar-refractivity contribution in [1.29, 1.82) is 0 Å². The number of aromatic nitrogens is 2. The Morgan fingerprint density at radius 2 is 1.76 bits per heavy atom. The molecule has 1 aromatic heterocycles. The molecule has 0 N–H and O–H groups in total. The van der Waals surface area contributed by atoms with Crippen LogP contribution in [0, 0.1) is 0 Å². The van der Waals surface area contributed by atoms with Crippen LogP contribution in [0.15, 0.2) is 24.3 Å². The van der Waals surface area contributed by atoms with Crippen molar-refractivity contribution in [1.82, 2.24) is 23.3 Å². The van der Waals surface area contributed by atoms with E-state index < -0.39 is 22.1 Å². The van der Waals surface area contributed by atoms with Gasteiger partial charge in [-0.3, -0.25) is 9.48 Å². The predicted octanol–water partition coefficient (Wildman–Crippen LogP) is 2.39. The van der Waals surface area contributed by atoms with Crippen molar-refractivity contribution >= 4 is 16.1 Å². The summed E-state index contributed by atoms with van der Waals surface area (Å²) in [5, 5.41) is 3.90. The summed E-state index contributed by atoms with van der Waals surface area (Å²) >= 11 is 0. The van der Waals surface area contributed by atoms with Gasteiger partial charge in [-0.1, -0.05) is 12.1 Å². The molecule has 34 heavy (non-hydrogen) atoms. The van der Waals surface area contributed by atoms with E-state index in [9.17, 15) is 26.4 Å². The SMILES string of the molecule is CN(C)S(=O)(=O)N1CCN(C(=O)c2cccc(Cn3nc(C(F)(F)F)c4c3CCCC4)c2)CC1. The molecule has 0 spiro atoms. The standard InChI is InChI=1S/C22H28F3N5O3S/c1-27(2)34(32,33)29-12-10-28(11-13-29)21(31)17-7-5-6-16(14-17)15-30-19-9-4-3-8-18(19)20(26-30)22(23,24)25/h5-7,14H,3-4,8-13,15H2,1-2H3. The maximum atomic E-state index is 13.5. The molecule has 2 aromatic rings. The van der Waals surface area contributed by atoms with Crippen LogP contribution in [0.25, 0.3) is 0 Å². The minimum absolute atomic E-state index is 0.147. The van der Waals surface area contributed by atoms with Gasteiger partial charge in [0.05, 0.1) is 6.54 Å². The van der Waals surface area contributed by atoms with Crippen LogP contribution in [0.5, 0.6) is 0 Å². The second-order valence-electron chi connectivity index (χ2n) is 8.82. The number of piperazine rings is 1. The normalized spacial score (nSPS) is 17.8. The summed E-state index contributed by atoms with van der Waals surface area (Å²) in [7, 11) is -0.602. The van der Waals surface area contributed by atoms with Gasteiger partial charge in [-0.25, -0.2) is 0 Å². The van der Waals surface area contributed by atoms with E-state index in [0.717, 1.165) is 17.1 Å². The highest BCUT2D eigenvalue weighted by atomic mass is 32.2. The highest BCUT2D eigenvalue weighted by molar-refractivity contribution is 7.86. The van der Waals surface area contributed by atoms with Gasteiger partial charge in [-0.15, -0.1) is 0 Å². The first-order valence-corrected chi connectivity index (χ1v) is 12.6. The quantitative estimate of drug-likeness (QED) is 0.633. The zero-order chi connectivity index (χ0) is 24.7. The van der Waals surface area contributed by atoms with Crippen LogP contribution in [0.2, 0.25) is 0 Å². The first-order chi connectivity index (χ1) is 16.0. The van der Waals surface area contributed by atoms with E-state index in [1.807, 2.05) is 0 Å². The number of carbonyl (C=O) groups excluding carboxylic acids is 1. The molecule has 1 aliphatic heterocycles. The van der Waals surface area contributed by atoms with Gasteiger partial charge in [0.2, 0.25) is 0 Å². The average molecular weight is 500 g/mol. The lowest BCUT2D eigenvalue weighted by atomic mass is 9.95. The third-order valence-electron chi connectivity index (χ3n) is 6.35. The van der Waals surface area contributed by atoms with Gasteiger partial charge in [0.1, 0.15) is 0 Å². The minimum Gasteiger partial charge on any atom is -0.336 e. The van der Waals surface area contributed by atoms with Crippen molar-refractivity contribution in [3.05, 3.63) is 52.3 Å². The Morgan fingerprint density at radius 1 is 1.09 bits per heavy atom. The maximum absolute atomic E-state index is 13.5. The Bertz CT molecular complexity index is 1170. The fourth-order valence-corrected chi connectivity index (χ4v) is 5.63. The predicted molar refractivity (Wildman–Crippen MR) is 119 cm³/mol. The van der Waals surface area contributed by atoms with Crippen molar-refractivity contribution in [3.63, 3.8) is 0 Å². The van der Waals surface area contributed by atoms with Gasteiger partial charge >= 0.3 is 6.18 Å². The highest BCUT2D eigenvalue weighted by Crippen LogP contribution is 2.36. The van der Waals surface area contributed by atoms with Crippen molar-refractivity contribution in [2.45, 2.75) is 38.4 Å². The van der Waals surface area contributed by atoms with Gasteiger partial charge in [-0.2, -0.15) is 35.3 Å². The third-order valence-corrected chi connectivity index (χ3v) is 8.29. The number of carbonyl (C=O) groups is 1. The molecule has 1 amide bonds. The molecule has 8 nitrogen and oxygen atoms in total. The summed E-state index contributed by atoms with van der Waals surface area (Å²) < 4.78 is 68.9. The molecule has 2 aliphatic rings. The molecule has 1 aromatic carbocycles. The van der Waals surface area contributed by atoms with Crippen LogP contribution >= 0.6 is 0 Å². The lowest BCUT2D eigenvalue weighted by Gasteiger charge is -2.35. The number of amides is 1. The molecule has 1 fully saturated rings. The molecule has 0 saturated carbocycles. The minimum atomic E-state index is -4.49. The summed E-state index contributed by atoms with van der Waals surface area (Å²) in [5.41, 5.74) is 1.20. The number of halogens is 3. The molecule has 4 rings (SSSR count). The molecule has 2 heterocycles. The number of alkyl halides is 3. The van der Waals surface area contributed by atoms with Gasteiger partial charge in [0, 0.05) is 57.1 Å². The summed E-state index contributed by atoms with van der Waals surface area (Å²) in [6.45, 7) is 1.07. The number of benzene rings is 1. The smallest absolute Gasteiger partial charge is 0.336 e. The molecule has 0 radical (unpaired) electrons. The van der Waals surface area contributed by atoms with Gasteiger partial charge < -0.3 is 4.90 Å². The van der Waals surface area contributed by atoms with E-state index in [1.165, 1.54) is 23.1 Å². The van der Waals surface area contributed by atoms with Crippen LogP contribution in [0.1, 0.15) is 45.7 Å². The van der Waals surface area contributed by atoms with Crippen LogP contribution < -0.4 is 0 Å². The molecule has 1 aliphatic carbocycles. The molecular formula is C22H28F3N5O3S. The Balaban J connectivity index is 1.49. The monoisotopic (exact) mass is 499 g/mol. The second-order valence-corrected chi connectivity index (χ2v) is 11.0. The highest BCUT2D eigenvalue weighted by Gasteiger charge is 2.39. The number of fused-ring (bicyclic) bond motifs is 1. The zero-order valence-electron chi connectivity index (χ0n) is 19.2. The molecule has 0 bridgehead atoms. The van der Waals surface area contributed by atoms with Crippen LogP contribution in [-0.4, -0.2) is 77.9 Å². The molecule has 186 valence electrons. The van der Waals surface area contributed by atoms with Crippen molar-refractivity contribution in [2.24, 2.45) is 0 Å². The number of hydrogen-bond donors (Lipinski definition) is 0. The molecule has 0 unspecified atom stereocenters. The summed E-state index contributed by atoms with van der Waals surface area (Å²) in [5.74, 6) is -0.234. The lowest BCUT2D eigenvalue weighted by molar-refractivity contribution is -0.142. The van der Waals surface area contributed by atoms with Crippen molar-refractivity contribution < 1.29 is 26.4 Å². The van der Waals surface area contributed by atoms with Crippen molar-refractivity contribution in [2.75, 3.05) is 40.3 Å². The van der Waals surface area contributed by atoms with Gasteiger partial charge in [-0.05, 0) is 43.4 Å². The van der Waals surface area contributed by atoms with Gasteiger partial charge in [0.25, 0.3) is 16.1 Å². The number of hydrogen-bond acceptors (Lipinski definition) is 4. The summed E-state index contributed by atoms with van der Waals surface area (Å²) in [6.07, 6.45) is -2.03. The van der Waals surface area contributed by atoms with Crippen LogP contribution in [-0.2, 0) is 35.8 Å². The first-order valence-electron chi connectivity index (χ1n) is 11.2. The fraction of sp³-hybridized carbons (Fsp3) is 0.545. The molecule has 0 atom stereocenters. The lowest BCUT2D eigenvalue weighted by Crippen LogP contribution is -2.53. The Labute approximate surface area is 197 Å². The second kappa shape index (κ2) is 9.31. The molecular weight excluding hydrogens is 471 g/mol. The van der Waals surface area contributed by atoms with Crippen molar-refractivity contribution in [3.8, 4) is 0 Å². The molecule has 1 saturated heterocycles. The third kappa shape index (κ3) is 4.84. The van der Waals surface area contributed by atoms with E-state index in [2.05, 4.69) is 5.10 Å². The van der Waals surface area contributed by atoms with E-state index in [-0.39, 0.29) is 44.2 Å². The fourth-order valence-electron chi connectivity index (χ4n) is 4.54. The summed E-state index contributed by atoms with van der Waals surface area (Å²) in [4.78, 5) is 14.6. The average Bonchev–Trinajstić information content (AvgIpc) is 3.18. The summed E-state index contributed by atoms with van der Waals surface area (Å²) in [6, 6.07) is 6.81. The van der Waals surface area contributed by atoms with E-state index in [0.29, 0.717) is 29.7 Å². The zero-order valence-corrected chi connectivity index (χ0v) is 20.0. The van der Waals surface area contributed by atoms with Gasteiger partial charge in [0.15, 0.2) is 5.69 Å². The van der Waals surface area contributed by atoms with E-state index in [1.54, 1.807) is 29.2 Å². The molecule has 12 heteroatoms. The van der Waals surface area contributed by atoms with Crippen LogP contribution in [0.3, 0.4) is 0 Å².